The second-order valence-electron chi connectivity index (χ2n) is 6.74. The van der Waals surface area contributed by atoms with Crippen LogP contribution in [0.3, 0.4) is 0 Å². The van der Waals surface area contributed by atoms with Crippen LogP contribution in [0, 0.1) is 6.92 Å². The summed E-state index contributed by atoms with van der Waals surface area (Å²) in [5.41, 5.74) is 3.27. The van der Waals surface area contributed by atoms with Crippen molar-refractivity contribution in [3.05, 3.63) is 46.4 Å². The summed E-state index contributed by atoms with van der Waals surface area (Å²) in [7, 11) is 2.16. The molecule has 0 aliphatic carbocycles. The van der Waals surface area contributed by atoms with E-state index >= 15 is 0 Å². The van der Waals surface area contributed by atoms with Crippen LogP contribution in [0.2, 0.25) is 5.02 Å². The predicted octanol–water partition coefficient (Wildman–Crippen LogP) is 5.40. The molecule has 0 N–H and O–H groups in total. The van der Waals surface area contributed by atoms with E-state index in [1.807, 2.05) is 18.3 Å². The Hall–Kier alpha value is -1.62. The lowest BCUT2D eigenvalue weighted by atomic mass is 10.00. The monoisotopic (exact) mass is 372 g/mol. The average molecular weight is 373 g/mol. The number of benzene rings is 1. The highest BCUT2D eigenvalue weighted by molar-refractivity contribution is 7.16. The Kier molecular flexibility index (Phi) is 4.67. The number of hydrogen-bond donors (Lipinski definition) is 0. The molecule has 130 valence electrons. The van der Waals surface area contributed by atoms with Crippen molar-refractivity contribution in [1.82, 2.24) is 9.88 Å². The van der Waals surface area contributed by atoms with Crippen LogP contribution < -0.4 is 4.74 Å². The summed E-state index contributed by atoms with van der Waals surface area (Å²) in [6, 6.07) is 8.18. The van der Waals surface area contributed by atoms with E-state index in [1.165, 1.54) is 6.42 Å². The standard InChI is InChI=1S/C20H21ClN2OS/c1-13-10-14(21)11-18(16-5-7-22-20-17(16)6-9-25-20)19(13)24-15-4-3-8-23(2)12-15/h5-7,9-11,15H,3-4,8,12H2,1-2H3/t15-/m0/s1. The zero-order chi connectivity index (χ0) is 17.4. The number of fused-ring (bicyclic) bond motifs is 1. The second kappa shape index (κ2) is 6.94. The molecule has 0 amide bonds. The van der Waals surface area contributed by atoms with Crippen LogP contribution in [0.5, 0.6) is 5.75 Å². The Bertz CT molecular complexity index is 908. The number of piperidine rings is 1. The molecule has 0 radical (unpaired) electrons. The third-order valence-electron chi connectivity index (χ3n) is 4.76. The minimum Gasteiger partial charge on any atom is -0.488 e. The lowest BCUT2D eigenvalue weighted by molar-refractivity contribution is 0.104. The van der Waals surface area contributed by atoms with E-state index in [-0.39, 0.29) is 6.10 Å². The van der Waals surface area contributed by atoms with Gasteiger partial charge in [-0.05, 0) is 74.1 Å². The molecule has 25 heavy (non-hydrogen) atoms. The Morgan fingerprint density at radius 1 is 1.28 bits per heavy atom. The fourth-order valence-electron chi connectivity index (χ4n) is 3.58. The maximum Gasteiger partial charge on any atom is 0.130 e. The van der Waals surface area contributed by atoms with Crippen molar-refractivity contribution >= 4 is 33.2 Å². The van der Waals surface area contributed by atoms with Crippen molar-refractivity contribution in [3.63, 3.8) is 0 Å². The number of pyridine rings is 1. The maximum atomic E-state index is 6.51. The van der Waals surface area contributed by atoms with Gasteiger partial charge in [-0.3, -0.25) is 0 Å². The molecule has 2 aromatic heterocycles. The summed E-state index contributed by atoms with van der Waals surface area (Å²) in [6.07, 6.45) is 4.35. The van der Waals surface area contributed by atoms with Gasteiger partial charge in [-0.2, -0.15) is 0 Å². The van der Waals surface area contributed by atoms with Gasteiger partial charge < -0.3 is 9.64 Å². The highest BCUT2D eigenvalue weighted by Crippen LogP contribution is 2.40. The van der Waals surface area contributed by atoms with E-state index in [0.29, 0.717) is 0 Å². The van der Waals surface area contributed by atoms with Crippen LogP contribution in [0.25, 0.3) is 21.3 Å². The number of aryl methyl sites for hydroxylation is 1. The van der Waals surface area contributed by atoms with Crippen molar-refractivity contribution in [2.45, 2.75) is 25.9 Å². The molecule has 3 aromatic rings. The van der Waals surface area contributed by atoms with Crippen molar-refractivity contribution in [2.75, 3.05) is 20.1 Å². The van der Waals surface area contributed by atoms with E-state index in [9.17, 15) is 0 Å². The van der Waals surface area contributed by atoms with Crippen molar-refractivity contribution in [2.24, 2.45) is 0 Å². The Balaban J connectivity index is 1.80. The summed E-state index contributed by atoms with van der Waals surface area (Å²) in [5.74, 6) is 0.948. The molecule has 0 spiro atoms. The van der Waals surface area contributed by atoms with E-state index < -0.39 is 0 Å². The quantitative estimate of drug-likeness (QED) is 0.615. The van der Waals surface area contributed by atoms with Gasteiger partial charge in [0, 0.05) is 28.7 Å². The molecular formula is C20H21ClN2OS. The fraction of sp³-hybridized carbons (Fsp3) is 0.350. The van der Waals surface area contributed by atoms with Gasteiger partial charge in [0.2, 0.25) is 0 Å². The normalized spacial score (nSPS) is 18.6. The number of rotatable bonds is 3. The smallest absolute Gasteiger partial charge is 0.130 e. The minimum absolute atomic E-state index is 0.220. The van der Waals surface area contributed by atoms with Gasteiger partial charge in [-0.1, -0.05) is 11.6 Å². The summed E-state index contributed by atoms with van der Waals surface area (Å²) in [6.45, 7) is 4.18. The van der Waals surface area contributed by atoms with Gasteiger partial charge >= 0.3 is 0 Å². The molecule has 3 heterocycles. The van der Waals surface area contributed by atoms with E-state index in [4.69, 9.17) is 16.3 Å². The molecule has 4 rings (SSSR count). The molecule has 0 bridgehead atoms. The molecule has 1 aliphatic heterocycles. The predicted molar refractivity (Wildman–Crippen MR) is 106 cm³/mol. The second-order valence-corrected chi connectivity index (χ2v) is 8.07. The molecule has 1 atom stereocenters. The third kappa shape index (κ3) is 3.39. The topological polar surface area (TPSA) is 25.4 Å². The number of ether oxygens (including phenoxy) is 1. The van der Waals surface area contributed by atoms with Gasteiger partial charge in [-0.25, -0.2) is 4.98 Å². The van der Waals surface area contributed by atoms with Crippen molar-refractivity contribution in [1.29, 1.82) is 0 Å². The van der Waals surface area contributed by atoms with E-state index in [2.05, 4.69) is 41.4 Å². The fourth-order valence-corrected chi connectivity index (χ4v) is 4.61. The Morgan fingerprint density at radius 2 is 2.16 bits per heavy atom. The highest BCUT2D eigenvalue weighted by Gasteiger charge is 2.22. The Labute approximate surface area is 157 Å². The molecule has 0 unspecified atom stereocenters. The van der Waals surface area contributed by atoms with E-state index in [0.717, 1.165) is 57.2 Å². The highest BCUT2D eigenvalue weighted by atomic mass is 35.5. The van der Waals surface area contributed by atoms with Crippen LogP contribution in [0.1, 0.15) is 18.4 Å². The zero-order valence-corrected chi connectivity index (χ0v) is 16.0. The first-order valence-corrected chi connectivity index (χ1v) is 9.85. The van der Waals surface area contributed by atoms with Crippen LogP contribution >= 0.6 is 22.9 Å². The number of likely N-dealkylation sites (tertiary alicyclic amines) is 1. The first kappa shape index (κ1) is 16.8. The number of nitrogens with zero attached hydrogens (tertiary/aromatic N) is 2. The summed E-state index contributed by atoms with van der Waals surface area (Å²) in [5, 5.41) is 3.97. The lowest BCUT2D eigenvalue weighted by Crippen LogP contribution is -2.38. The Morgan fingerprint density at radius 3 is 3.00 bits per heavy atom. The van der Waals surface area contributed by atoms with Gasteiger partial charge in [0.1, 0.15) is 16.7 Å². The van der Waals surface area contributed by atoms with Crippen LogP contribution in [0.4, 0.5) is 0 Å². The largest absolute Gasteiger partial charge is 0.488 e. The lowest BCUT2D eigenvalue weighted by Gasteiger charge is -2.31. The van der Waals surface area contributed by atoms with Crippen molar-refractivity contribution < 1.29 is 4.74 Å². The summed E-state index contributed by atoms with van der Waals surface area (Å²) >= 11 is 8.04. The number of thiophene rings is 1. The molecule has 1 aliphatic rings. The summed E-state index contributed by atoms with van der Waals surface area (Å²) < 4.78 is 6.51. The molecule has 5 heteroatoms. The number of hydrogen-bond acceptors (Lipinski definition) is 4. The van der Waals surface area contributed by atoms with E-state index in [1.54, 1.807) is 11.3 Å². The SMILES string of the molecule is Cc1cc(Cl)cc(-c2ccnc3sccc23)c1O[C@H]1CCCN(C)C1. The minimum atomic E-state index is 0.220. The first-order chi connectivity index (χ1) is 12.1. The van der Waals surface area contributed by atoms with Crippen LogP contribution in [0.15, 0.2) is 35.8 Å². The van der Waals surface area contributed by atoms with Crippen molar-refractivity contribution in [3.8, 4) is 16.9 Å². The first-order valence-electron chi connectivity index (χ1n) is 8.60. The maximum absolute atomic E-state index is 6.51. The van der Waals surface area contributed by atoms with Gasteiger partial charge in [0.05, 0.1) is 0 Å². The van der Waals surface area contributed by atoms with Gasteiger partial charge in [0.25, 0.3) is 0 Å². The summed E-state index contributed by atoms with van der Waals surface area (Å²) in [4.78, 5) is 7.84. The number of likely N-dealkylation sites (N-methyl/N-ethyl adjacent to an activating group) is 1. The molecule has 1 saturated heterocycles. The molecule has 3 nitrogen and oxygen atoms in total. The number of halogens is 1. The average Bonchev–Trinajstić information content (AvgIpc) is 3.06. The number of aromatic nitrogens is 1. The molecule has 0 saturated carbocycles. The van der Waals surface area contributed by atoms with Crippen LogP contribution in [-0.2, 0) is 0 Å². The third-order valence-corrected chi connectivity index (χ3v) is 5.80. The zero-order valence-electron chi connectivity index (χ0n) is 14.5. The van der Waals surface area contributed by atoms with Gasteiger partial charge in [0.15, 0.2) is 0 Å². The van der Waals surface area contributed by atoms with Gasteiger partial charge in [-0.15, -0.1) is 11.3 Å². The van der Waals surface area contributed by atoms with Crippen LogP contribution in [-0.4, -0.2) is 36.1 Å². The molecular weight excluding hydrogens is 352 g/mol. The molecule has 1 aromatic carbocycles. The molecule has 1 fully saturated rings.